The molecule has 3 heterocycles. The molecule has 2 aliphatic rings. The maximum Gasteiger partial charge on any atom is 0.307 e. The van der Waals surface area contributed by atoms with Crippen molar-refractivity contribution in [2.45, 2.75) is 25.8 Å². The number of carbonyl (C=O) groups excluding carboxylic acids is 1. The molecule has 2 aliphatic heterocycles. The number of aliphatic carboxylic acids is 1. The SMILES string of the molecule is O=C(O)[C@H]1C[C@@H](C(=O)N2CCCC2)CN(Cc2cccnc2)C1. The van der Waals surface area contributed by atoms with Crippen molar-refractivity contribution < 1.29 is 14.7 Å². The Balaban J connectivity index is 1.70. The Morgan fingerprint density at radius 1 is 1.22 bits per heavy atom. The summed E-state index contributed by atoms with van der Waals surface area (Å²) >= 11 is 0. The molecular formula is C17H23N3O3. The van der Waals surface area contributed by atoms with Gasteiger partial charge in [-0.25, -0.2) is 0 Å². The molecule has 0 saturated carbocycles. The summed E-state index contributed by atoms with van der Waals surface area (Å²) in [6.45, 7) is 3.40. The lowest BCUT2D eigenvalue weighted by atomic mass is 9.88. The Kier molecular flexibility index (Phi) is 4.91. The lowest BCUT2D eigenvalue weighted by Gasteiger charge is -2.36. The highest BCUT2D eigenvalue weighted by Crippen LogP contribution is 2.26. The van der Waals surface area contributed by atoms with E-state index in [1.807, 2.05) is 17.0 Å². The molecule has 1 amide bonds. The van der Waals surface area contributed by atoms with E-state index in [2.05, 4.69) is 9.88 Å². The second-order valence-electron chi connectivity index (χ2n) is 6.56. The van der Waals surface area contributed by atoms with Crippen LogP contribution < -0.4 is 0 Å². The zero-order valence-corrected chi connectivity index (χ0v) is 13.2. The summed E-state index contributed by atoms with van der Waals surface area (Å²) in [6, 6.07) is 3.86. The first kappa shape index (κ1) is 15.9. The van der Waals surface area contributed by atoms with E-state index in [9.17, 15) is 14.7 Å². The average molecular weight is 317 g/mol. The molecule has 1 N–H and O–H groups in total. The van der Waals surface area contributed by atoms with E-state index in [4.69, 9.17) is 0 Å². The highest BCUT2D eigenvalue weighted by atomic mass is 16.4. The summed E-state index contributed by atoms with van der Waals surface area (Å²) in [6.07, 6.45) is 6.08. The fraction of sp³-hybridized carbons (Fsp3) is 0.588. The Morgan fingerprint density at radius 2 is 1.96 bits per heavy atom. The van der Waals surface area contributed by atoms with Crippen LogP contribution in [0.4, 0.5) is 0 Å². The first-order valence-corrected chi connectivity index (χ1v) is 8.26. The van der Waals surface area contributed by atoms with Crippen molar-refractivity contribution in [3.8, 4) is 0 Å². The quantitative estimate of drug-likeness (QED) is 0.904. The molecule has 2 atom stereocenters. The van der Waals surface area contributed by atoms with Crippen LogP contribution >= 0.6 is 0 Å². The number of hydrogen-bond acceptors (Lipinski definition) is 4. The van der Waals surface area contributed by atoms with Crippen LogP contribution in [0.3, 0.4) is 0 Å². The Labute approximate surface area is 136 Å². The van der Waals surface area contributed by atoms with Crippen LogP contribution in [-0.4, -0.2) is 57.9 Å². The van der Waals surface area contributed by atoms with Gasteiger partial charge < -0.3 is 10.0 Å². The van der Waals surface area contributed by atoms with Crippen LogP contribution in [0, 0.1) is 11.8 Å². The molecule has 6 heteroatoms. The van der Waals surface area contributed by atoms with Gasteiger partial charge in [0.05, 0.1) is 11.8 Å². The molecule has 3 rings (SSSR count). The van der Waals surface area contributed by atoms with E-state index >= 15 is 0 Å². The van der Waals surface area contributed by atoms with Gasteiger partial charge in [0.1, 0.15) is 0 Å². The lowest BCUT2D eigenvalue weighted by Crippen LogP contribution is -2.48. The summed E-state index contributed by atoms with van der Waals surface area (Å²) in [5.74, 6) is -1.36. The number of rotatable bonds is 4. The summed E-state index contributed by atoms with van der Waals surface area (Å²) in [5, 5.41) is 9.42. The number of carboxylic acids is 1. The smallest absolute Gasteiger partial charge is 0.307 e. The van der Waals surface area contributed by atoms with Crippen molar-refractivity contribution in [1.29, 1.82) is 0 Å². The first-order chi connectivity index (χ1) is 11.1. The van der Waals surface area contributed by atoms with Gasteiger partial charge in [-0.15, -0.1) is 0 Å². The number of hydrogen-bond donors (Lipinski definition) is 1. The maximum absolute atomic E-state index is 12.7. The van der Waals surface area contributed by atoms with Crippen molar-refractivity contribution in [2.75, 3.05) is 26.2 Å². The standard InChI is InChI=1S/C17H23N3O3/c21-16(20-6-1-2-7-20)14-8-15(17(22)23)12-19(11-14)10-13-4-3-5-18-9-13/h3-5,9,14-15H,1-2,6-8,10-12H2,(H,22,23)/t14-,15+/m1/s1. The lowest BCUT2D eigenvalue weighted by molar-refractivity contribution is -0.147. The van der Waals surface area contributed by atoms with E-state index in [1.54, 1.807) is 12.4 Å². The Bertz CT molecular complexity index is 557. The van der Waals surface area contributed by atoms with E-state index in [1.165, 1.54) is 0 Å². The molecular weight excluding hydrogens is 294 g/mol. The third-order valence-corrected chi connectivity index (χ3v) is 4.77. The van der Waals surface area contributed by atoms with E-state index < -0.39 is 11.9 Å². The van der Waals surface area contributed by atoms with Gasteiger partial charge in [0.15, 0.2) is 0 Å². The monoisotopic (exact) mass is 317 g/mol. The summed E-state index contributed by atoms with van der Waals surface area (Å²) < 4.78 is 0. The second kappa shape index (κ2) is 7.08. The maximum atomic E-state index is 12.7. The largest absolute Gasteiger partial charge is 0.481 e. The van der Waals surface area contributed by atoms with Gasteiger partial charge >= 0.3 is 5.97 Å². The van der Waals surface area contributed by atoms with Gasteiger partial charge in [0.25, 0.3) is 0 Å². The predicted octanol–water partition coefficient (Wildman–Crippen LogP) is 1.23. The number of amides is 1. The van der Waals surface area contributed by atoms with E-state index in [0.717, 1.165) is 31.5 Å². The average Bonchev–Trinajstić information content (AvgIpc) is 3.09. The summed E-state index contributed by atoms with van der Waals surface area (Å²) in [5.41, 5.74) is 1.05. The third-order valence-electron chi connectivity index (χ3n) is 4.77. The van der Waals surface area contributed by atoms with Crippen molar-refractivity contribution in [2.24, 2.45) is 11.8 Å². The van der Waals surface area contributed by atoms with Crippen LogP contribution in [0.15, 0.2) is 24.5 Å². The van der Waals surface area contributed by atoms with Gasteiger partial charge in [-0.2, -0.15) is 0 Å². The van der Waals surface area contributed by atoms with Crippen LogP contribution in [0.1, 0.15) is 24.8 Å². The van der Waals surface area contributed by atoms with Crippen LogP contribution in [-0.2, 0) is 16.1 Å². The normalized spacial score (nSPS) is 25.5. The number of piperidine rings is 1. The minimum atomic E-state index is -0.805. The van der Waals surface area contributed by atoms with E-state index in [0.29, 0.717) is 26.1 Å². The topological polar surface area (TPSA) is 73.7 Å². The molecule has 23 heavy (non-hydrogen) atoms. The van der Waals surface area contributed by atoms with Crippen molar-refractivity contribution in [1.82, 2.24) is 14.8 Å². The van der Waals surface area contributed by atoms with E-state index in [-0.39, 0.29) is 11.8 Å². The molecule has 0 bridgehead atoms. The molecule has 2 saturated heterocycles. The minimum Gasteiger partial charge on any atom is -0.481 e. The molecule has 6 nitrogen and oxygen atoms in total. The van der Waals surface area contributed by atoms with Crippen molar-refractivity contribution in [3.63, 3.8) is 0 Å². The number of likely N-dealkylation sites (tertiary alicyclic amines) is 2. The molecule has 2 fully saturated rings. The number of aromatic nitrogens is 1. The second-order valence-corrected chi connectivity index (χ2v) is 6.56. The molecule has 1 aromatic rings. The van der Waals surface area contributed by atoms with Gasteiger partial charge in [0, 0.05) is 45.1 Å². The van der Waals surface area contributed by atoms with Gasteiger partial charge in [-0.3, -0.25) is 19.5 Å². The fourth-order valence-electron chi connectivity index (χ4n) is 3.62. The number of carboxylic acid groups (broad SMARTS) is 1. The Hall–Kier alpha value is -1.95. The first-order valence-electron chi connectivity index (χ1n) is 8.26. The van der Waals surface area contributed by atoms with Gasteiger partial charge in [-0.1, -0.05) is 6.07 Å². The minimum absolute atomic E-state index is 0.129. The number of pyridine rings is 1. The van der Waals surface area contributed by atoms with Crippen LogP contribution in [0.2, 0.25) is 0 Å². The van der Waals surface area contributed by atoms with Gasteiger partial charge in [0.2, 0.25) is 5.91 Å². The molecule has 1 aromatic heterocycles. The summed E-state index contributed by atoms with van der Waals surface area (Å²) in [4.78, 5) is 32.2. The summed E-state index contributed by atoms with van der Waals surface area (Å²) in [7, 11) is 0. The van der Waals surface area contributed by atoms with Gasteiger partial charge in [-0.05, 0) is 30.9 Å². The highest BCUT2D eigenvalue weighted by Gasteiger charge is 2.37. The number of carbonyl (C=O) groups is 2. The molecule has 0 aromatic carbocycles. The molecule has 0 unspecified atom stereocenters. The zero-order valence-electron chi connectivity index (χ0n) is 13.2. The van der Waals surface area contributed by atoms with Crippen molar-refractivity contribution in [3.05, 3.63) is 30.1 Å². The van der Waals surface area contributed by atoms with Crippen molar-refractivity contribution >= 4 is 11.9 Å². The Morgan fingerprint density at radius 3 is 2.61 bits per heavy atom. The van der Waals surface area contributed by atoms with Crippen LogP contribution in [0.5, 0.6) is 0 Å². The predicted molar refractivity (Wildman–Crippen MR) is 84.6 cm³/mol. The molecule has 0 radical (unpaired) electrons. The van der Waals surface area contributed by atoms with Crippen LogP contribution in [0.25, 0.3) is 0 Å². The third kappa shape index (κ3) is 3.88. The fourth-order valence-corrected chi connectivity index (χ4v) is 3.62. The number of nitrogens with zero attached hydrogens (tertiary/aromatic N) is 3. The molecule has 0 spiro atoms. The molecule has 124 valence electrons. The molecule has 0 aliphatic carbocycles. The highest BCUT2D eigenvalue weighted by molar-refractivity contribution is 5.80. The zero-order chi connectivity index (χ0) is 16.2.